The fraction of sp³-hybridized carbons (Fsp3) is 0.571. The molecule has 1 aliphatic rings. The zero-order valence-corrected chi connectivity index (χ0v) is 11.0. The number of rotatable bonds is 5. The summed E-state index contributed by atoms with van der Waals surface area (Å²) in [4.78, 5) is 0. The van der Waals surface area contributed by atoms with Gasteiger partial charge < -0.3 is 19.9 Å². The van der Waals surface area contributed by atoms with Crippen LogP contribution in [0.2, 0.25) is 0 Å². The third-order valence-corrected chi connectivity index (χ3v) is 3.41. The number of hydrogen-bond donors (Lipinski definition) is 2. The van der Waals surface area contributed by atoms with Crippen molar-refractivity contribution in [1.29, 1.82) is 0 Å². The number of ether oxygens (including phenoxy) is 2. The molecule has 0 bridgehead atoms. The summed E-state index contributed by atoms with van der Waals surface area (Å²) < 4.78 is 10.8. The van der Waals surface area contributed by atoms with Gasteiger partial charge in [-0.2, -0.15) is 0 Å². The highest BCUT2D eigenvalue weighted by Gasteiger charge is 2.28. The smallest absolute Gasteiger partial charge is 0.123 e. The summed E-state index contributed by atoms with van der Waals surface area (Å²) in [6, 6.07) is 5.36. The van der Waals surface area contributed by atoms with Crippen molar-refractivity contribution in [2.45, 2.75) is 31.9 Å². The van der Waals surface area contributed by atoms with Gasteiger partial charge in [0.1, 0.15) is 11.5 Å². The Morgan fingerprint density at radius 3 is 2.94 bits per heavy atom. The predicted molar refractivity (Wildman–Crippen MR) is 70.0 cm³/mol. The molecular weight excluding hydrogens is 230 g/mol. The molecule has 0 aromatic heterocycles. The monoisotopic (exact) mass is 251 g/mol. The number of nitrogens with one attached hydrogen (secondary N) is 1. The van der Waals surface area contributed by atoms with E-state index in [-0.39, 0.29) is 11.4 Å². The van der Waals surface area contributed by atoms with Gasteiger partial charge in [-0.15, -0.1) is 0 Å². The number of benzene rings is 1. The zero-order chi connectivity index (χ0) is 13.0. The molecule has 1 saturated heterocycles. The molecule has 2 rings (SSSR count). The van der Waals surface area contributed by atoms with E-state index in [1.807, 2.05) is 12.1 Å². The molecule has 1 atom stereocenters. The summed E-state index contributed by atoms with van der Waals surface area (Å²) in [5.74, 6) is 0.932. The molecule has 1 fully saturated rings. The Morgan fingerprint density at radius 2 is 2.33 bits per heavy atom. The van der Waals surface area contributed by atoms with Gasteiger partial charge in [0, 0.05) is 31.3 Å². The molecule has 1 aromatic rings. The van der Waals surface area contributed by atoms with E-state index in [0.717, 1.165) is 31.6 Å². The van der Waals surface area contributed by atoms with E-state index in [4.69, 9.17) is 9.47 Å². The molecule has 2 N–H and O–H groups in total. The average molecular weight is 251 g/mol. The van der Waals surface area contributed by atoms with Crippen LogP contribution in [-0.2, 0) is 11.3 Å². The Balaban J connectivity index is 1.86. The van der Waals surface area contributed by atoms with Gasteiger partial charge in [-0.1, -0.05) is 6.07 Å². The van der Waals surface area contributed by atoms with Gasteiger partial charge in [0.05, 0.1) is 12.7 Å². The molecule has 0 saturated carbocycles. The first-order valence-electron chi connectivity index (χ1n) is 6.33. The van der Waals surface area contributed by atoms with Crippen LogP contribution >= 0.6 is 0 Å². The van der Waals surface area contributed by atoms with Crippen LogP contribution < -0.4 is 10.1 Å². The molecule has 1 aromatic carbocycles. The van der Waals surface area contributed by atoms with E-state index in [1.54, 1.807) is 13.2 Å². The number of phenols is 1. The second-order valence-electron chi connectivity index (χ2n) is 5.00. The van der Waals surface area contributed by atoms with Crippen molar-refractivity contribution in [3.05, 3.63) is 23.8 Å². The Labute approximate surface area is 108 Å². The van der Waals surface area contributed by atoms with Crippen LogP contribution in [0, 0.1) is 0 Å². The Bertz CT molecular complexity index is 400. The number of hydrogen-bond acceptors (Lipinski definition) is 4. The molecule has 18 heavy (non-hydrogen) atoms. The molecular formula is C14H21NO3. The minimum Gasteiger partial charge on any atom is -0.507 e. The van der Waals surface area contributed by atoms with E-state index in [2.05, 4.69) is 12.2 Å². The van der Waals surface area contributed by atoms with E-state index in [0.29, 0.717) is 12.3 Å². The minimum atomic E-state index is -0.0535. The lowest BCUT2D eigenvalue weighted by atomic mass is 10.0. The summed E-state index contributed by atoms with van der Waals surface area (Å²) >= 11 is 0. The zero-order valence-electron chi connectivity index (χ0n) is 11.0. The third kappa shape index (κ3) is 3.15. The highest BCUT2D eigenvalue weighted by molar-refractivity contribution is 5.39. The van der Waals surface area contributed by atoms with Crippen LogP contribution in [0.4, 0.5) is 0 Å². The maximum absolute atomic E-state index is 9.83. The highest BCUT2D eigenvalue weighted by atomic mass is 16.5. The number of phenolic OH excluding ortho intramolecular Hbond substituents is 1. The summed E-state index contributed by atoms with van der Waals surface area (Å²) in [6.45, 7) is 4.42. The molecule has 0 radical (unpaired) electrons. The molecule has 4 heteroatoms. The van der Waals surface area contributed by atoms with Crippen molar-refractivity contribution in [3.8, 4) is 11.5 Å². The third-order valence-electron chi connectivity index (χ3n) is 3.41. The average Bonchev–Trinajstić information content (AvgIpc) is 2.78. The molecule has 1 unspecified atom stereocenters. The van der Waals surface area contributed by atoms with Gasteiger partial charge in [0.25, 0.3) is 0 Å². The van der Waals surface area contributed by atoms with Crippen molar-refractivity contribution >= 4 is 0 Å². The lowest BCUT2D eigenvalue weighted by Crippen LogP contribution is -2.36. The first-order valence-corrected chi connectivity index (χ1v) is 6.33. The quantitative estimate of drug-likeness (QED) is 0.841. The fourth-order valence-corrected chi connectivity index (χ4v) is 2.26. The summed E-state index contributed by atoms with van der Waals surface area (Å²) in [7, 11) is 1.59. The maximum Gasteiger partial charge on any atom is 0.123 e. The second-order valence-corrected chi connectivity index (χ2v) is 5.00. The van der Waals surface area contributed by atoms with Crippen LogP contribution in [0.5, 0.6) is 11.5 Å². The van der Waals surface area contributed by atoms with Crippen LogP contribution in [0.1, 0.15) is 25.3 Å². The van der Waals surface area contributed by atoms with Gasteiger partial charge in [-0.25, -0.2) is 0 Å². The van der Waals surface area contributed by atoms with Gasteiger partial charge in [-0.05, 0) is 25.8 Å². The molecule has 1 heterocycles. The normalized spacial score (nSPS) is 23.2. The minimum absolute atomic E-state index is 0.0535. The van der Waals surface area contributed by atoms with Crippen molar-refractivity contribution in [3.63, 3.8) is 0 Å². The fourth-order valence-electron chi connectivity index (χ4n) is 2.26. The van der Waals surface area contributed by atoms with Gasteiger partial charge in [-0.3, -0.25) is 0 Å². The van der Waals surface area contributed by atoms with Gasteiger partial charge in [0.2, 0.25) is 0 Å². The molecule has 4 nitrogen and oxygen atoms in total. The Hall–Kier alpha value is -1.26. The lowest BCUT2D eigenvalue weighted by molar-refractivity contribution is 0.0206. The molecule has 0 spiro atoms. The first-order chi connectivity index (χ1) is 8.63. The van der Waals surface area contributed by atoms with E-state index in [9.17, 15) is 5.11 Å². The lowest BCUT2D eigenvalue weighted by Gasteiger charge is -2.23. The van der Waals surface area contributed by atoms with Crippen molar-refractivity contribution in [2.75, 3.05) is 20.3 Å². The molecule has 0 aliphatic carbocycles. The Kier molecular flexibility index (Phi) is 4.09. The maximum atomic E-state index is 9.83. The molecule has 100 valence electrons. The largest absolute Gasteiger partial charge is 0.507 e. The Morgan fingerprint density at radius 1 is 1.50 bits per heavy atom. The topological polar surface area (TPSA) is 50.7 Å². The summed E-state index contributed by atoms with van der Waals surface area (Å²) in [6.07, 6.45) is 2.22. The predicted octanol–water partition coefficient (Wildman–Crippen LogP) is 2.06. The van der Waals surface area contributed by atoms with Crippen LogP contribution in [0.15, 0.2) is 18.2 Å². The van der Waals surface area contributed by atoms with Crippen LogP contribution in [0.3, 0.4) is 0 Å². The van der Waals surface area contributed by atoms with Crippen LogP contribution in [0.25, 0.3) is 0 Å². The van der Waals surface area contributed by atoms with E-state index < -0.39 is 0 Å². The summed E-state index contributed by atoms with van der Waals surface area (Å²) in [5, 5.41) is 13.2. The van der Waals surface area contributed by atoms with E-state index >= 15 is 0 Å². The summed E-state index contributed by atoms with van der Waals surface area (Å²) in [5.41, 5.74) is 0.819. The van der Waals surface area contributed by atoms with E-state index in [1.165, 1.54) is 0 Å². The SMILES string of the molecule is COc1ccc(CNCC2(C)CCCO2)c(O)c1. The second kappa shape index (κ2) is 5.59. The first kappa shape index (κ1) is 13.2. The van der Waals surface area contributed by atoms with Gasteiger partial charge >= 0.3 is 0 Å². The number of aromatic hydroxyl groups is 1. The van der Waals surface area contributed by atoms with Crippen LogP contribution in [-0.4, -0.2) is 31.0 Å². The highest BCUT2D eigenvalue weighted by Crippen LogP contribution is 2.25. The molecule has 0 amide bonds. The molecule has 1 aliphatic heterocycles. The van der Waals surface area contributed by atoms with Gasteiger partial charge in [0.15, 0.2) is 0 Å². The van der Waals surface area contributed by atoms with Crippen molar-refractivity contribution < 1.29 is 14.6 Å². The number of methoxy groups -OCH3 is 1. The van der Waals surface area contributed by atoms with Crippen molar-refractivity contribution in [1.82, 2.24) is 5.32 Å². The van der Waals surface area contributed by atoms with Crippen molar-refractivity contribution in [2.24, 2.45) is 0 Å². The standard InChI is InChI=1S/C14H21NO3/c1-14(6-3-7-18-14)10-15-9-11-4-5-12(17-2)8-13(11)16/h4-5,8,15-16H,3,6-7,9-10H2,1-2H3.